The Bertz CT molecular complexity index is 491. The summed E-state index contributed by atoms with van der Waals surface area (Å²) in [6, 6.07) is 0.238. The first-order chi connectivity index (χ1) is 7.94. The maximum absolute atomic E-state index is 12.5. The minimum absolute atomic E-state index is 0.0957. The number of carbonyl (C=O) groups is 1. The van der Waals surface area contributed by atoms with Crippen LogP contribution in [0, 0.1) is 0 Å². The molecule has 0 heterocycles. The number of halogens is 6. The van der Waals surface area contributed by atoms with E-state index in [1.807, 2.05) is 0 Å². The highest BCUT2D eigenvalue weighted by molar-refractivity contribution is 5.89. The topological polar surface area (TPSA) is 63.3 Å². The fraction of sp³-hybridized carbons (Fsp3) is 0.222. The number of benzene rings is 1. The van der Waals surface area contributed by atoms with Gasteiger partial charge in [0, 0.05) is 5.69 Å². The molecule has 0 radical (unpaired) electrons. The van der Waals surface area contributed by atoms with Crippen molar-refractivity contribution in [3.63, 3.8) is 0 Å². The average molecular weight is 273 g/mol. The molecule has 9 heteroatoms. The minimum atomic E-state index is -5.36. The second-order valence-corrected chi connectivity index (χ2v) is 3.29. The van der Waals surface area contributed by atoms with Gasteiger partial charge in [0.05, 0.1) is 16.7 Å². The summed E-state index contributed by atoms with van der Waals surface area (Å²) in [6.45, 7) is 0. The molecule has 0 spiro atoms. The molecule has 18 heavy (non-hydrogen) atoms. The fourth-order valence-corrected chi connectivity index (χ4v) is 1.33. The lowest BCUT2D eigenvalue weighted by molar-refractivity contribution is -0.161. The van der Waals surface area contributed by atoms with Crippen LogP contribution in [0.5, 0.6) is 0 Å². The van der Waals surface area contributed by atoms with Gasteiger partial charge in [-0.15, -0.1) is 0 Å². The summed E-state index contributed by atoms with van der Waals surface area (Å²) in [5.41, 5.74) is -1.59. The second kappa shape index (κ2) is 4.07. The highest BCUT2D eigenvalue weighted by Crippen LogP contribution is 2.43. The maximum Gasteiger partial charge on any atom is 0.418 e. The van der Waals surface area contributed by atoms with Gasteiger partial charge in [0.25, 0.3) is 0 Å². The molecule has 3 nitrogen and oxygen atoms in total. The third-order valence-electron chi connectivity index (χ3n) is 2.00. The van der Waals surface area contributed by atoms with Crippen LogP contribution in [-0.2, 0) is 12.4 Å². The lowest BCUT2D eigenvalue weighted by atomic mass is 10.0. The molecule has 1 rings (SSSR count). The van der Waals surface area contributed by atoms with Gasteiger partial charge in [0.1, 0.15) is 0 Å². The van der Waals surface area contributed by atoms with E-state index in [-0.39, 0.29) is 6.07 Å². The molecule has 0 aliphatic heterocycles. The molecule has 0 fully saturated rings. The van der Waals surface area contributed by atoms with Crippen LogP contribution in [0.1, 0.15) is 21.5 Å². The normalized spacial score (nSPS) is 12.6. The molecule has 0 aliphatic rings. The predicted molar refractivity (Wildman–Crippen MR) is 47.8 cm³/mol. The fourth-order valence-electron chi connectivity index (χ4n) is 1.33. The summed E-state index contributed by atoms with van der Waals surface area (Å²) < 4.78 is 74.7. The quantitative estimate of drug-likeness (QED) is 0.610. The van der Waals surface area contributed by atoms with Gasteiger partial charge in [-0.25, -0.2) is 4.79 Å². The van der Waals surface area contributed by atoms with Crippen LogP contribution in [0.4, 0.5) is 32.0 Å². The zero-order chi connectivity index (χ0) is 14.3. The molecule has 0 unspecified atom stereocenters. The molecule has 1 aromatic carbocycles. The van der Waals surface area contributed by atoms with Crippen molar-refractivity contribution in [3.05, 3.63) is 28.8 Å². The van der Waals surface area contributed by atoms with E-state index in [0.717, 1.165) is 0 Å². The molecule has 1 aromatic rings. The Hall–Kier alpha value is -1.93. The highest BCUT2D eigenvalue weighted by Gasteiger charge is 2.45. The Kier molecular flexibility index (Phi) is 3.20. The van der Waals surface area contributed by atoms with Crippen LogP contribution < -0.4 is 5.73 Å². The first-order valence-electron chi connectivity index (χ1n) is 4.26. The summed E-state index contributed by atoms with van der Waals surface area (Å²) >= 11 is 0. The van der Waals surface area contributed by atoms with Gasteiger partial charge in [-0.3, -0.25) is 0 Å². The molecular formula is C9H5F6NO2. The monoisotopic (exact) mass is 273 g/mol. The lowest BCUT2D eigenvalue weighted by Gasteiger charge is -2.18. The van der Waals surface area contributed by atoms with Gasteiger partial charge in [0.15, 0.2) is 0 Å². The van der Waals surface area contributed by atoms with Crippen LogP contribution in [0.25, 0.3) is 0 Å². The molecule has 0 atom stereocenters. The van der Waals surface area contributed by atoms with Crippen LogP contribution in [0.3, 0.4) is 0 Å². The number of carboxylic acid groups (broad SMARTS) is 1. The van der Waals surface area contributed by atoms with E-state index in [0.29, 0.717) is 6.07 Å². The molecule has 0 aliphatic carbocycles. The number of alkyl halides is 6. The Balaban J connectivity index is 3.67. The standard InChI is InChI=1S/C9H5F6NO2/c10-8(11,12)4-1-3(7(17)18)2-5(16)6(4)9(13,14)15/h1-2H,16H2,(H,17,18). The van der Waals surface area contributed by atoms with Crippen LogP contribution in [0.15, 0.2) is 12.1 Å². The number of hydrogen-bond donors (Lipinski definition) is 2. The van der Waals surface area contributed by atoms with E-state index in [9.17, 15) is 31.1 Å². The Morgan fingerprint density at radius 1 is 1.06 bits per heavy atom. The third kappa shape index (κ3) is 2.66. The van der Waals surface area contributed by atoms with Gasteiger partial charge in [-0.2, -0.15) is 26.3 Å². The number of carboxylic acids is 1. The molecule has 3 N–H and O–H groups in total. The van der Waals surface area contributed by atoms with E-state index < -0.39 is 40.7 Å². The summed E-state index contributed by atoms with van der Waals surface area (Å²) in [4.78, 5) is 10.5. The third-order valence-corrected chi connectivity index (χ3v) is 2.00. The van der Waals surface area contributed by atoms with Gasteiger partial charge in [0.2, 0.25) is 0 Å². The van der Waals surface area contributed by atoms with E-state index in [1.165, 1.54) is 0 Å². The summed E-state index contributed by atoms with van der Waals surface area (Å²) in [7, 11) is 0. The molecule has 100 valence electrons. The predicted octanol–water partition coefficient (Wildman–Crippen LogP) is 3.00. The van der Waals surface area contributed by atoms with Crippen LogP contribution >= 0.6 is 0 Å². The molecular weight excluding hydrogens is 268 g/mol. The van der Waals surface area contributed by atoms with Crippen LogP contribution in [0.2, 0.25) is 0 Å². The van der Waals surface area contributed by atoms with Gasteiger partial charge >= 0.3 is 18.3 Å². The van der Waals surface area contributed by atoms with Crippen LogP contribution in [-0.4, -0.2) is 11.1 Å². The first kappa shape index (κ1) is 14.1. The van der Waals surface area contributed by atoms with Gasteiger partial charge < -0.3 is 10.8 Å². The summed E-state index contributed by atoms with van der Waals surface area (Å²) in [6.07, 6.45) is -10.7. The van der Waals surface area contributed by atoms with E-state index in [4.69, 9.17) is 10.8 Å². The van der Waals surface area contributed by atoms with Gasteiger partial charge in [-0.05, 0) is 12.1 Å². The number of rotatable bonds is 1. The van der Waals surface area contributed by atoms with E-state index >= 15 is 0 Å². The molecule has 0 saturated heterocycles. The second-order valence-electron chi connectivity index (χ2n) is 3.29. The van der Waals surface area contributed by atoms with Crippen molar-refractivity contribution >= 4 is 11.7 Å². The van der Waals surface area contributed by atoms with Crippen molar-refractivity contribution in [1.29, 1.82) is 0 Å². The van der Waals surface area contributed by atoms with E-state index in [1.54, 1.807) is 0 Å². The Morgan fingerprint density at radius 2 is 1.56 bits per heavy atom. The lowest BCUT2D eigenvalue weighted by Crippen LogP contribution is -2.20. The van der Waals surface area contributed by atoms with Crippen molar-refractivity contribution in [2.75, 3.05) is 5.73 Å². The molecule has 0 aromatic heterocycles. The highest BCUT2D eigenvalue weighted by atomic mass is 19.4. The Morgan fingerprint density at radius 3 is 1.89 bits per heavy atom. The number of hydrogen-bond acceptors (Lipinski definition) is 2. The zero-order valence-electron chi connectivity index (χ0n) is 8.36. The van der Waals surface area contributed by atoms with Crippen molar-refractivity contribution in [2.45, 2.75) is 12.4 Å². The SMILES string of the molecule is Nc1cc(C(=O)O)cc(C(F)(F)F)c1C(F)(F)F. The van der Waals surface area contributed by atoms with E-state index in [2.05, 4.69) is 0 Å². The maximum atomic E-state index is 12.5. The molecule has 0 amide bonds. The minimum Gasteiger partial charge on any atom is -0.478 e. The number of nitrogens with two attached hydrogens (primary N) is 1. The number of anilines is 1. The van der Waals surface area contributed by atoms with Crippen molar-refractivity contribution in [3.8, 4) is 0 Å². The summed E-state index contributed by atoms with van der Waals surface area (Å²) in [5.74, 6) is -1.80. The van der Waals surface area contributed by atoms with Gasteiger partial charge in [-0.1, -0.05) is 0 Å². The molecule has 0 saturated carbocycles. The zero-order valence-corrected chi connectivity index (χ0v) is 8.36. The summed E-state index contributed by atoms with van der Waals surface area (Å²) in [5, 5.41) is 8.49. The number of aromatic carboxylic acids is 1. The molecule has 0 bridgehead atoms. The largest absolute Gasteiger partial charge is 0.478 e. The smallest absolute Gasteiger partial charge is 0.418 e. The number of nitrogen functional groups attached to an aromatic ring is 1. The van der Waals surface area contributed by atoms with Crippen molar-refractivity contribution < 1.29 is 36.2 Å². The first-order valence-corrected chi connectivity index (χ1v) is 4.26. The average Bonchev–Trinajstić information content (AvgIpc) is 2.12. The Labute approximate surface area is 95.8 Å². The van der Waals surface area contributed by atoms with Crippen molar-refractivity contribution in [2.24, 2.45) is 0 Å². The van der Waals surface area contributed by atoms with Crippen molar-refractivity contribution in [1.82, 2.24) is 0 Å².